The Balaban J connectivity index is 2.06. The molecule has 0 saturated heterocycles. The van der Waals surface area contributed by atoms with E-state index in [0.29, 0.717) is 23.9 Å². The predicted octanol–water partition coefficient (Wildman–Crippen LogP) is 2.23. The van der Waals surface area contributed by atoms with Crippen molar-refractivity contribution in [3.63, 3.8) is 0 Å². The molecule has 0 spiro atoms. The lowest BCUT2D eigenvalue weighted by Crippen LogP contribution is -2.24. The van der Waals surface area contributed by atoms with Crippen molar-refractivity contribution in [2.24, 2.45) is 13.0 Å². The highest BCUT2D eigenvalue weighted by Crippen LogP contribution is 2.17. The third kappa shape index (κ3) is 3.61. The molecule has 0 atom stereocenters. The molecular formula is C16H23N3O2. The van der Waals surface area contributed by atoms with E-state index in [1.54, 1.807) is 12.1 Å². The van der Waals surface area contributed by atoms with E-state index >= 15 is 0 Å². The molecule has 0 aliphatic heterocycles. The van der Waals surface area contributed by atoms with Crippen LogP contribution in [-0.4, -0.2) is 27.1 Å². The Labute approximate surface area is 125 Å². The van der Waals surface area contributed by atoms with Gasteiger partial charge in [0, 0.05) is 19.2 Å². The minimum atomic E-state index is -0.109. The predicted molar refractivity (Wildman–Crippen MR) is 83.0 cm³/mol. The molecule has 2 N–H and O–H groups in total. The summed E-state index contributed by atoms with van der Waals surface area (Å²) in [7, 11) is 1.85. The molecule has 2 rings (SSSR count). The lowest BCUT2D eigenvalue weighted by atomic mass is 10.1. The molecule has 0 unspecified atom stereocenters. The Morgan fingerprint density at radius 1 is 1.43 bits per heavy atom. The Morgan fingerprint density at radius 2 is 2.19 bits per heavy atom. The number of carbonyl (C=O) groups excluding carboxylic acids is 1. The van der Waals surface area contributed by atoms with Crippen LogP contribution in [0.15, 0.2) is 18.2 Å². The fourth-order valence-electron chi connectivity index (χ4n) is 2.35. The number of carbonyl (C=O) groups is 1. The molecule has 0 bridgehead atoms. The Morgan fingerprint density at radius 3 is 2.86 bits per heavy atom. The zero-order valence-corrected chi connectivity index (χ0v) is 12.9. The maximum absolute atomic E-state index is 12.1. The average Bonchev–Trinajstić information content (AvgIpc) is 2.79. The largest absolute Gasteiger partial charge is 0.388 e. The van der Waals surface area contributed by atoms with E-state index < -0.39 is 0 Å². The normalized spacial score (nSPS) is 11.3. The minimum Gasteiger partial charge on any atom is -0.388 e. The van der Waals surface area contributed by atoms with E-state index in [2.05, 4.69) is 24.1 Å². The van der Waals surface area contributed by atoms with Crippen LogP contribution < -0.4 is 5.32 Å². The number of aliphatic hydroxyl groups excluding tert-OH is 1. The minimum absolute atomic E-state index is 0.0724. The van der Waals surface area contributed by atoms with E-state index in [4.69, 9.17) is 0 Å². The molecule has 21 heavy (non-hydrogen) atoms. The molecule has 5 nitrogen and oxygen atoms in total. The number of aryl methyl sites for hydroxylation is 1. The van der Waals surface area contributed by atoms with Crippen molar-refractivity contribution in [2.45, 2.75) is 33.3 Å². The maximum atomic E-state index is 12.1. The second-order valence-corrected chi connectivity index (χ2v) is 5.74. The van der Waals surface area contributed by atoms with Crippen molar-refractivity contribution in [3.8, 4) is 0 Å². The van der Waals surface area contributed by atoms with Crippen LogP contribution in [0.25, 0.3) is 11.0 Å². The van der Waals surface area contributed by atoms with E-state index in [1.165, 1.54) is 0 Å². The molecule has 0 radical (unpaired) electrons. The topological polar surface area (TPSA) is 67.2 Å². The summed E-state index contributed by atoms with van der Waals surface area (Å²) in [5, 5.41) is 12.2. The number of nitrogens with zero attached hydrogens (tertiary/aromatic N) is 2. The van der Waals surface area contributed by atoms with Crippen LogP contribution in [-0.2, 0) is 13.7 Å². The van der Waals surface area contributed by atoms with Gasteiger partial charge in [-0.15, -0.1) is 0 Å². The fraction of sp³-hybridized carbons (Fsp3) is 0.500. The molecule has 1 aromatic heterocycles. The first-order valence-corrected chi connectivity index (χ1v) is 7.37. The Hall–Kier alpha value is -1.88. The number of fused-ring (bicyclic) bond motifs is 1. The molecule has 1 aromatic carbocycles. The van der Waals surface area contributed by atoms with Gasteiger partial charge in [0.1, 0.15) is 12.4 Å². The molecule has 0 fully saturated rings. The van der Waals surface area contributed by atoms with E-state index in [-0.39, 0.29) is 12.5 Å². The number of imidazole rings is 1. The first-order valence-electron chi connectivity index (χ1n) is 7.37. The first kappa shape index (κ1) is 15.5. The van der Waals surface area contributed by atoms with Gasteiger partial charge in [-0.3, -0.25) is 4.79 Å². The number of hydrogen-bond donors (Lipinski definition) is 2. The summed E-state index contributed by atoms with van der Waals surface area (Å²) in [6.45, 7) is 4.94. The Kier molecular flexibility index (Phi) is 4.96. The number of benzene rings is 1. The van der Waals surface area contributed by atoms with Crippen molar-refractivity contribution in [1.29, 1.82) is 0 Å². The van der Waals surface area contributed by atoms with Crippen molar-refractivity contribution < 1.29 is 9.90 Å². The highest BCUT2D eigenvalue weighted by atomic mass is 16.3. The number of amides is 1. The zero-order chi connectivity index (χ0) is 15.4. The number of hydrogen-bond acceptors (Lipinski definition) is 3. The molecule has 2 aromatic rings. The second kappa shape index (κ2) is 6.72. The highest BCUT2D eigenvalue weighted by molar-refractivity contribution is 5.97. The van der Waals surface area contributed by atoms with Gasteiger partial charge in [0.25, 0.3) is 5.91 Å². The van der Waals surface area contributed by atoms with Crippen LogP contribution in [0.1, 0.15) is 42.9 Å². The van der Waals surface area contributed by atoms with Crippen LogP contribution in [0.2, 0.25) is 0 Å². The van der Waals surface area contributed by atoms with Crippen molar-refractivity contribution in [1.82, 2.24) is 14.9 Å². The molecule has 1 amide bonds. The smallest absolute Gasteiger partial charge is 0.251 e. The van der Waals surface area contributed by atoms with Crippen molar-refractivity contribution in [3.05, 3.63) is 29.6 Å². The molecule has 5 heteroatoms. The van der Waals surface area contributed by atoms with Gasteiger partial charge in [0.05, 0.1) is 11.0 Å². The molecule has 0 saturated carbocycles. The van der Waals surface area contributed by atoms with Crippen LogP contribution in [0.3, 0.4) is 0 Å². The molecule has 1 heterocycles. The van der Waals surface area contributed by atoms with Crippen molar-refractivity contribution in [2.75, 3.05) is 6.54 Å². The van der Waals surface area contributed by atoms with E-state index in [0.717, 1.165) is 23.9 Å². The van der Waals surface area contributed by atoms with Crippen LogP contribution in [0.5, 0.6) is 0 Å². The van der Waals surface area contributed by atoms with E-state index in [9.17, 15) is 9.90 Å². The second-order valence-electron chi connectivity index (χ2n) is 5.74. The van der Waals surface area contributed by atoms with Gasteiger partial charge in [0.15, 0.2) is 0 Å². The fourth-order valence-corrected chi connectivity index (χ4v) is 2.35. The first-order chi connectivity index (χ1) is 10.0. The van der Waals surface area contributed by atoms with Gasteiger partial charge in [-0.1, -0.05) is 13.8 Å². The monoisotopic (exact) mass is 289 g/mol. The van der Waals surface area contributed by atoms with Gasteiger partial charge >= 0.3 is 0 Å². The highest BCUT2D eigenvalue weighted by Gasteiger charge is 2.10. The van der Waals surface area contributed by atoms with Crippen LogP contribution >= 0.6 is 0 Å². The Bertz CT molecular complexity index is 632. The summed E-state index contributed by atoms with van der Waals surface area (Å²) < 4.78 is 1.83. The van der Waals surface area contributed by atoms with Crippen molar-refractivity contribution >= 4 is 16.9 Å². The number of rotatable bonds is 6. The number of aromatic nitrogens is 2. The summed E-state index contributed by atoms with van der Waals surface area (Å²) in [6, 6.07) is 5.43. The van der Waals surface area contributed by atoms with E-state index in [1.807, 2.05) is 17.7 Å². The summed E-state index contributed by atoms with van der Waals surface area (Å²) in [4.78, 5) is 16.4. The maximum Gasteiger partial charge on any atom is 0.251 e. The third-order valence-electron chi connectivity index (χ3n) is 3.62. The van der Waals surface area contributed by atoms with Gasteiger partial charge < -0.3 is 15.0 Å². The zero-order valence-electron chi connectivity index (χ0n) is 12.9. The molecule has 0 aliphatic rings. The van der Waals surface area contributed by atoms with Gasteiger partial charge in [0.2, 0.25) is 0 Å². The average molecular weight is 289 g/mol. The summed E-state index contributed by atoms with van der Waals surface area (Å²) in [5.74, 6) is 1.18. The summed E-state index contributed by atoms with van der Waals surface area (Å²) in [5.41, 5.74) is 2.25. The van der Waals surface area contributed by atoms with Crippen LogP contribution in [0, 0.1) is 5.92 Å². The van der Waals surface area contributed by atoms with Gasteiger partial charge in [-0.2, -0.15) is 0 Å². The lowest BCUT2D eigenvalue weighted by molar-refractivity contribution is 0.0952. The number of nitrogens with one attached hydrogen (secondary N) is 1. The molecular weight excluding hydrogens is 266 g/mol. The summed E-state index contributed by atoms with van der Waals surface area (Å²) in [6.07, 6.45) is 2.10. The third-order valence-corrected chi connectivity index (χ3v) is 3.62. The van der Waals surface area contributed by atoms with Crippen LogP contribution in [0.4, 0.5) is 0 Å². The van der Waals surface area contributed by atoms with Gasteiger partial charge in [-0.25, -0.2) is 4.98 Å². The number of aliphatic hydroxyl groups is 1. The summed E-state index contributed by atoms with van der Waals surface area (Å²) >= 11 is 0. The van der Waals surface area contributed by atoms with Gasteiger partial charge in [-0.05, 0) is 37.0 Å². The quantitative estimate of drug-likeness (QED) is 0.801. The molecule has 0 aliphatic carbocycles. The molecule has 114 valence electrons. The standard InChI is InChI=1S/C16H23N3O2/c1-11(2)5-4-8-17-16(21)12-6-7-14-13(9-12)18-15(10-20)19(14)3/h6-7,9,11,20H,4-5,8,10H2,1-3H3,(H,17,21). The lowest BCUT2D eigenvalue weighted by Gasteiger charge is -2.07. The SMILES string of the molecule is CC(C)CCCNC(=O)c1ccc2c(c1)nc(CO)n2C.